The molecule has 8 heteroatoms. The molecule has 2 amide bonds. The first-order valence-electron chi connectivity index (χ1n) is 9.61. The van der Waals surface area contributed by atoms with E-state index in [1.807, 2.05) is 54.6 Å². The largest absolute Gasteiger partial charge is 0.373 e. The number of halogens is 1. The van der Waals surface area contributed by atoms with E-state index >= 15 is 0 Å². The number of rotatable bonds is 5. The van der Waals surface area contributed by atoms with Crippen molar-refractivity contribution in [1.29, 1.82) is 0 Å². The highest BCUT2D eigenvalue weighted by atomic mass is 35.5. The molecular weight excluding hydrogens is 432 g/mol. The van der Waals surface area contributed by atoms with Crippen LogP contribution >= 0.6 is 23.8 Å². The molecule has 0 radical (unpaired) electrons. The summed E-state index contributed by atoms with van der Waals surface area (Å²) in [6.07, 6.45) is 0.0664. The topological polar surface area (TPSA) is 73.5 Å². The van der Waals surface area contributed by atoms with Gasteiger partial charge in [0, 0.05) is 22.1 Å². The quantitative estimate of drug-likeness (QED) is 0.379. The maximum absolute atomic E-state index is 12.9. The van der Waals surface area contributed by atoms with E-state index in [1.54, 1.807) is 24.3 Å². The second kappa shape index (κ2) is 9.16. The molecule has 0 unspecified atom stereocenters. The van der Waals surface area contributed by atoms with Crippen LogP contribution in [0.5, 0.6) is 0 Å². The second-order valence-corrected chi connectivity index (χ2v) is 7.82. The smallest absolute Gasteiger partial charge is 0.256 e. The average molecular weight is 451 g/mol. The van der Waals surface area contributed by atoms with E-state index in [0.29, 0.717) is 21.5 Å². The van der Waals surface area contributed by atoms with Crippen molar-refractivity contribution in [2.75, 3.05) is 20.9 Å². The molecule has 3 aromatic rings. The number of nitrogens with one attached hydrogen (secondary N) is 3. The normalized spacial score (nSPS) is 15.6. The lowest BCUT2D eigenvalue weighted by atomic mass is 10.2. The van der Waals surface area contributed by atoms with Crippen LogP contribution in [0.15, 0.2) is 78.9 Å². The Hall–Kier alpha value is -3.42. The van der Waals surface area contributed by atoms with E-state index in [4.69, 9.17) is 23.8 Å². The number of hydrogen-bond donors (Lipinski definition) is 3. The Morgan fingerprint density at radius 2 is 1.55 bits per heavy atom. The van der Waals surface area contributed by atoms with Crippen LogP contribution in [-0.2, 0) is 9.59 Å². The highest BCUT2D eigenvalue weighted by molar-refractivity contribution is 7.80. The van der Waals surface area contributed by atoms with Crippen LogP contribution in [0.25, 0.3) is 0 Å². The Morgan fingerprint density at radius 1 is 0.871 bits per heavy atom. The summed E-state index contributed by atoms with van der Waals surface area (Å²) in [7, 11) is 0. The van der Waals surface area contributed by atoms with Crippen LogP contribution in [0, 0.1) is 0 Å². The van der Waals surface area contributed by atoms with Crippen LogP contribution < -0.4 is 20.9 Å². The number of imide groups is 1. The maximum atomic E-state index is 12.9. The summed E-state index contributed by atoms with van der Waals surface area (Å²) < 4.78 is 0. The summed E-state index contributed by atoms with van der Waals surface area (Å²) in [5.74, 6) is -0.584. The standard InChI is InChI=1S/C23H19ClN4O2S/c24-15-6-4-11-19(12-15)28-21(29)14-20(22(28)30)25-17-9-5-10-18(13-17)27-23(31)26-16-7-2-1-3-8-16/h1-13,20,25H,14H2,(H2,26,27,31)/t20-/m0/s1. The van der Waals surface area contributed by atoms with E-state index in [-0.39, 0.29) is 18.2 Å². The van der Waals surface area contributed by atoms with Gasteiger partial charge in [-0.05, 0) is 60.7 Å². The summed E-state index contributed by atoms with van der Waals surface area (Å²) in [5.41, 5.74) is 2.80. The average Bonchev–Trinajstić information content (AvgIpc) is 3.02. The maximum Gasteiger partial charge on any atom is 0.256 e. The third-order valence-corrected chi connectivity index (χ3v) is 5.15. The van der Waals surface area contributed by atoms with Gasteiger partial charge in [0.2, 0.25) is 5.91 Å². The van der Waals surface area contributed by atoms with Crippen molar-refractivity contribution in [3.05, 3.63) is 83.9 Å². The molecule has 0 bridgehead atoms. The Bertz CT molecular complexity index is 1140. The van der Waals surface area contributed by atoms with E-state index in [1.165, 1.54) is 4.90 Å². The summed E-state index contributed by atoms with van der Waals surface area (Å²) in [5, 5.41) is 10.3. The number of hydrogen-bond acceptors (Lipinski definition) is 4. The van der Waals surface area contributed by atoms with Crippen molar-refractivity contribution in [2.45, 2.75) is 12.5 Å². The van der Waals surface area contributed by atoms with Gasteiger partial charge < -0.3 is 16.0 Å². The van der Waals surface area contributed by atoms with Crippen molar-refractivity contribution in [3.63, 3.8) is 0 Å². The number of anilines is 4. The van der Waals surface area contributed by atoms with Crippen molar-refractivity contribution >= 4 is 63.5 Å². The number of thiocarbonyl (C=S) groups is 1. The molecule has 6 nitrogen and oxygen atoms in total. The molecule has 0 spiro atoms. The van der Waals surface area contributed by atoms with Crippen LogP contribution in [0.3, 0.4) is 0 Å². The van der Waals surface area contributed by atoms with Crippen LogP contribution in [0.1, 0.15) is 6.42 Å². The fourth-order valence-corrected chi connectivity index (χ4v) is 3.75. The molecular formula is C23H19ClN4O2S. The lowest BCUT2D eigenvalue weighted by Gasteiger charge is -2.17. The van der Waals surface area contributed by atoms with Crippen molar-refractivity contribution in [2.24, 2.45) is 0 Å². The lowest BCUT2D eigenvalue weighted by Crippen LogP contribution is -2.34. The highest BCUT2D eigenvalue weighted by Crippen LogP contribution is 2.27. The van der Waals surface area contributed by atoms with E-state index < -0.39 is 6.04 Å². The number of amides is 2. The molecule has 3 aromatic carbocycles. The SMILES string of the molecule is O=C1C[C@H](Nc2cccc(NC(=S)Nc3ccccc3)c2)C(=O)N1c1cccc(Cl)c1. The number of carbonyl (C=O) groups excluding carboxylic acids is 2. The Kier molecular flexibility index (Phi) is 6.16. The predicted octanol–water partition coefficient (Wildman–Crippen LogP) is 4.89. The van der Waals surface area contributed by atoms with Crippen molar-refractivity contribution in [1.82, 2.24) is 0 Å². The molecule has 1 heterocycles. The van der Waals surface area contributed by atoms with Gasteiger partial charge in [0.15, 0.2) is 5.11 Å². The molecule has 1 aliphatic rings. The summed E-state index contributed by atoms with van der Waals surface area (Å²) >= 11 is 11.4. The van der Waals surface area contributed by atoms with E-state index in [9.17, 15) is 9.59 Å². The second-order valence-electron chi connectivity index (χ2n) is 6.97. The molecule has 0 aliphatic carbocycles. The Morgan fingerprint density at radius 3 is 2.32 bits per heavy atom. The van der Waals surface area contributed by atoms with Gasteiger partial charge in [-0.2, -0.15) is 0 Å². The molecule has 4 rings (SSSR count). The first-order valence-corrected chi connectivity index (χ1v) is 10.4. The number of benzene rings is 3. The van der Waals surface area contributed by atoms with Gasteiger partial charge in [-0.15, -0.1) is 0 Å². The summed E-state index contributed by atoms with van der Waals surface area (Å²) in [4.78, 5) is 26.5. The molecule has 31 heavy (non-hydrogen) atoms. The summed E-state index contributed by atoms with van der Waals surface area (Å²) in [6, 6.07) is 23.0. The van der Waals surface area contributed by atoms with Crippen LogP contribution in [0.4, 0.5) is 22.7 Å². The molecule has 0 aromatic heterocycles. The van der Waals surface area contributed by atoms with E-state index in [0.717, 1.165) is 11.4 Å². The zero-order chi connectivity index (χ0) is 21.8. The molecule has 1 atom stereocenters. The van der Waals surface area contributed by atoms with Gasteiger partial charge >= 0.3 is 0 Å². The fraction of sp³-hybridized carbons (Fsp3) is 0.0870. The van der Waals surface area contributed by atoms with Crippen molar-refractivity contribution < 1.29 is 9.59 Å². The van der Waals surface area contributed by atoms with Gasteiger partial charge in [0.05, 0.1) is 12.1 Å². The molecule has 156 valence electrons. The zero-order valence-corrected chi connectivity index (χ0v) is 17.9. The van der Waals surface area contributed by atoms with Crippen LogP contribution in [0.2, 0.25) is 5.02 Å². The fourth-order valence-electron chi connectivity index (χ4n) is 3.33. The monoisotopic (exact) mass is 450 g/mol. The lowest BCUT2D eigenvalue weighted by molar-refractivity contribution is -0.121. The first-order chi connectivity index (χ1) is 15.0. The first kappa shape index (κ1) is 20.8. The summed E-state index contributed by atoms with van der Waals surface area (Å²) in [6.45, 7) is 0. The molecule has 1 aliphatic heterocycles. The molecule has 1 fully saturated rings. The van der Waals surface area contributed by atoms with Gasteiger partial charge in [0.1, 0.15) is 6.04 Å². The van der Waals surface area contributed by atoms with E-state index in [2.05, 4.69) is 16.0 Å². The Labute approximate surface area is 190 Å². The molecule has 0 saturated carbocycles. The van der Waals surface area contributed by atoms with Gasteiger partial charge in [-0.1, -0.05) is 41.9 Å². The third kappa shape index (κ3) is 5.02. The molecule has 1 saturated heterocycles. The number of para-hydroxylation sites is 1. The van der Waals surface area contributed by atoms with Gasteiger partial charge in [-0.25, -0.2) is 4.90 Å². The van der Waals surface area contributed by atoms with Gasteiger partial charge in [-0.3, -0.25) is 9.59 Å². The predicted molar refractivity (Wildman–Crippen MR) is 129 cm³/mol. The van der Waals surface area contributed by atoms with Gasteiger partial charge in [0.25, 0.3) is 5.91 Å². The Balaban J connectivity index is 1.42. The highest BCUT2D eigenvalue weighted by Gasteiger charge is 2.39. The third-order valence-electron chi connectivity index (χ3n) is 4.71. The number of nitrogens with zero attached hydrogens (tertiary/aromatic N) is 1. The number of carbonyl (C=O) groups is 2. The minimum atomic E-state index is -0.656. The minimum Gasteiger partial charge on any atom is -0.373 e. The molecule has 3 N–H and O–H groups in total. The zero-order valence-electron chi connectivity index (χ0n) is 16.3. The van der Waals surface area contributed by atoms with Crippen LogP contribution in [-0.4, -0.2) is 23.0 Å². The minimum absolute atomic E-state index is 0.0664. The van der Waals surface area contributed by atoms with Crippen molar-refractivity contribution in [3.8, 4) is 0 Å².